The van der Waals surface area contributed by atoms with E-state index in [4.69, 9.17) is 0 Å². The van der Waals surface area contributed by atoms with Crippen molar-refractivity contribution >= 4 is 0 Å². The molecule has 4 bridgehead atoms. The largest absolute Gasteiger partial charge is 0.0847 e. The van der Waals surface area contributed by atoms with Crippen LogP contribution in [0.5, 0.6) is 0 Å². The van der Waals surface area contributed by atoms with Crippen LogP contribution in [0.15, 0.2) is 11.6 Å². The standard InChI is InChI=1S/C13H18/c1-13-5-4-10(7-13)11-8-2-3-9(6-8)12(11)13/h2,9-12H,3-7H2,1H3. The topological polar surface area (TPSA) is 0 Å². The lowest BCUT2D eigenvalue weighted by Gasteiger charge is -2.37. The summed E-state index contributed by atoms with van der Waals surface area (Å²) in [6.07, 6.45) is 10.1. The molecule has 0 spiro atoms. The van der Waals surface area contributed by atoms with Crippen molar-refractivity contribution in [3.8, 4) is 0 Å². The second-order valence-electron chi connectivity index (χ2n) is 6.19. The third-order valence-electron chi connectivity index (χ3n) is 5.63. The molecule has 13 heavy (non-hydrogen) atoms. The lowest BCUT2D eigenvalue weighted by Crippen LogP contribution is -2.30. The molecule has 0 nitrogen and oxygen atoms in total. The van der Waals surface area contributed by atoms with Gasteiger partial charge in [-0.3, -0.25) is 0 Å². The predicted molar refractivity (Wildman–Crippen MR) is 53.2 cm³/mol. The summed E-state index contributed by atoms with van der Waals surface area (Å²) >= 11 is 0. The van der Waals surface area contributed by atoms with E-state index in [-0.39, 0.29) is 0 Å². The SMILES string of the molecule is CC12CCC(C1)C1C3=CCC(C3)C12. The third kappa shape index (κ3) is 0.639. The molecule has 4 rings (SSSR count). The molecule has 0 heteroatoms. The first-order valence-electron chi connectivity index (χ1n) is 5.97. The number of fused-ring (bicyclic) bond motifs is 9. The molecule has 3 fully saturated rings. The Balaban J connectivity index is 1.87. The van der Waals surface area contributed by atoms with Gasteiger partial charge < -0.3 is 0 Å². The second-order valence-corrected chi connectivity index (χ2v) is 6.19. The van der Waals surface area contributed by atoms with Crippen LogP contribution in [0.3, 0.4) is 0 Å². The average Bonchev–Trinajstić information content (AvgIpc) is 2.76. The minimum Gasteiger partial charge on any atom is -0.0847 e. The van der Waals surface area contributed by atoms with Crippen LogP contribution in [0.1, 0.15) is 39.0 Å². The van der Waals surface area contributed by atoms with Crippen LogP contribution in [-0.2, 0) is 0 Å². The van der Waals surface area contributed by atoms with Crippen LogP contribution < -0.4 is 0 Å². The Morgan fingerprint density at radius 2 is 2.31 bits per heavy atom. The fourth-order valence-corrected chi connectivity index (χ4v) is 5.37. The first-order valence-corrected chi connectivity index (χ1v) is 5.97. The molecule has 0 aromatic rings. The van der Waals surface area contributed by atoms with Crippen molar-refractivity contribution in [3.63, 3.8) is 0 Å². The zero-order chi connectivity index (χ0) is 8.63. The van der Waals surface area contributed by atoms with Crippen LogP contribution in [0, 0.1) is 29.1 Å². The molecular weight excluding hydrogens is 156 g/mol. The van der Waals surface area contributed by atoms with Crippen molar-refractivity contribution in [1.29, 1.82) is 0 Å². The number of allylic oxidation sites excluding steroid dienone is 2. The van der Waals surface area contributed by atoms with Crippen molar-refractivity contribution in [2.45, 2.75) is 39.0 Å². The smallest absolute Gasteiger partial charge is 0.0138 e. The molecule has 0 radical (unpaired) electrons. The zero-order valence-electron chi connectivity index (χ0n) is 8.42. The minimum atomic E-state index is 0.774. The maximum atomic E-state index is 2.58. The summed E-state index contributed by atoms with van der Waals surface area (Å²) in [4.78, 5) is 0. The van der Waals surface area contributed by atoms with E-state index in [0.29, 0.717) is 0 Å². The van der Waals surface area contributed by atoms with Gasteiger partial charge in [-0.25, -0.2) is 0 Å². The highest BCUT2D eigenvalue weighted by Crippen LogP contribution is 2.70. The number of rotatable bonds is 0. The van der Waals surface area contributed by atoms with Gasteiger partial charge >= 0.3 is 0 Å². The molecule has 4 aliphatic rings. The normalized spacial score (nSPS) is 61.5. The first-order chi connectivity index (χ1) is 6.28. The lowest BCUT2D eigenvalue weighted by atomic mass is 9.67. The Labute approximate surface area is 80.4 Å². The van der Waals surface area contributed by atoms with E-state index < -0.39 is 0 Å². The van der Waals surface area contributed by atoms with Gasteiger partial charge in [-0.05, 0) is 61.2 Å². The van der Waals surface area contributed by atoms with E-state index >= 15 is 0 Å². The van der Waals surface area contributed by atoms with Crippen molar-refractivity contribution in [2.24, 2.45) is 29.1 Å². The van der Waals surface area contributed by atoms with E-state index in [1.807, 2.05) is 5.57 Å². The fourth-order valence-electron chi connectivity index (χ4n) is 5.37. The quantitative estimate of drug-likeness (QED) is 0.390. The summed E-state index contributed by atoms with van der Waals surface area (Å²) in [5.74, 6) is 4.37. The molecule has 0 aromatic carbocycles. The van der Waals surface area contributed by atoms with Gasteiger partial charge in [0, 0.05) is 0 Å². The van der Waals surface area contributed by atoms with Crippen LogP contribution in [0.2, 0.25) is 0 Å². The number of hydrogen-bond acceptors (Lipinski definition) is 0. The van der Waals surface area contributed by atoms with E-state index in [1.165, 1.54) is 12.8 Å². The van der Waals surface area contributed by atoms with E-state index in [9.17, 15) is 0 Å². The predicted octanol–water partition coefficient (Wildman–Crippen LogP) is 3.39. The van der Waals surface area contributed by atoms with Crippen LogP contribution in [0.4, 0.5) is 0 Å². The number of hydrogen-bond donors (Lipinski definition) is 0. The van der Waals surface area contributed by atoms with Crippen molar-refractivity contribution < 1.29 is 0 Å². The summed E-state index contributed by atoms with van der Waals surface area (Å²) in [7, 11) is 0. The highest BCUT2D eigenvalue weighted by Gasteiger charge is 2.61. The van der Waals surface area contributed by atoms with E-state index in [2.05, 4.69) is 13.0 Å². The molecule has 0 heterocycles. The minimum absolute atomic E-state index is 0.774. The van der Waals surface area contributed by atoms with Gasteiger partial charge in [0.25, 0.3) is 0 Å². The van der Waals surface area contributed by atoms with Gasteiger partial charge in [0.05, 0.1) is 0 Å². The highest BCUT2D eigenvalue weighted by molar-refractivity contribution is 5.29. The van der Waals surface area contributed by atoms with E-state index in [1.54, 1.807) is 19.3 Å². The molecule has 5 unspecified atom stereocenters. The zero-order valence-corrected chi connectivity index (χ0v) is 8.42. The van der Waals surface area contributed by atoms with Crippen LogP contribution >= 0.6 is 0 Å². The average molecular weight is 174 g/mol. The summed E-state index contributed by atoms with van der Waals surface area (Å²) in [5.41, 5.74) is 2.65. The maximum Gasteiger partial charge on any atom is -0.0138 e. The van der Waals surface area contributed by atoms with Gasteiger partial charge in [-0.15, -0.1) is 0 Å². The van der Waals surface area contributed by atoms with Crippen LogP contribution in [-0.4, -0.2) is 0 Å². The van der Waals surface area contributed by atoms with Gasteiger partial charge in [0.2, 0.25) is 0 Å². The molecule has 0 amide bonds. The Bertz CT molecular complexity index is 301. The molecule has 70 valence electrons. The van der Waals surface area contributed by atoms with Gasteiger partial charge in [-0.1, -0.05) is 18.6 Å². The van der Waals surface area contributed by atoms with Crippen molar-refractivity contribution in [1.82, 2.24) is 0 Å². The molecule has 0 aliphatic heterocycles. The Morgan fingerprint density at radius 1 is 1.38 bits per heavy atom. The van der Waals surface area contributed by atoms with Crippen LogP contribution in [0.25, 0.3) is 0 Å². The maximum absolute atomic E-state index is 2.58. The van der Waals surface area contributed by atoms with Gasteiger partial charge in [-0.2, -0.15) is 0 Å². The van der Waals surface area contributed by atoms with Gasteiger partial charge in [0.15, 0.2) is 0 Å². The summed E-state index contributed by atoms with van der Waals surface area (Å²) in [6, 6.07) is 0. The summed E-state index contributed by atoms with van der Waals surface area (Å²) < 4.78 is 0. The highest BCUT2D eigenvalue weighted by atomic mass is 14.7. The lowest BCUT2D eigenvalue weighted by molar-refractivity contribution is 0.131. The molecule has 0 N–H and O–H groups in total. The van der Waals surface area contributed by atoms with E-state index in [0.717, 1.165) is 29.1 Å². The van der Waals surface area contributed by atoms with Gasteiger partial charge in [0.1, 0.15) is 0 Å². The molecule has 3 saturated carbocycles. The monoisotopic (exact) mass is 174 g/mol. The molecule has 4 aliphatic carbocycles. The Morgan fingerprint density at radius 3 is 3.15 bits per heavy atom. The Kier molecular flexibility index (Phi) is 1.03. The first kappa shape index (κ1) is 7.09. The molecule has 0 aromatic heterocycles. The summed E-state index contributed by atoms with van der Waals surface area (Å²) in [5, 5.41) is 0. The fraction of sp³-hybridized carbons (Fsp3) is 0.846. The second kappa shape index (κ2) is 1.89. The molecule has 0 saturated heterocycles. The van der Waals surface area contributed by atoms with Crippen molar-refractivity contribution in [2.75, 3.05) is 0 Å². The molecular formula is C13H18. The summed E-state index contributed by atoms with van der Waals surface area (Å²) in [6.45, 7) is 2.58. The van der Waals surface area contributed by atoms with Crippen molar-refractivity contribution in [3.05, 3.63) is 11.6 Å². The molecule has 5 atom stereocenters. The Hall–Kier alpha value is -0.260. The third-order valence-corrected chi connectivity index (χ3v) is 5.63.